The maximum absolute atomic E-state index is 13.8. The number of alkyl halides is 3. The standard InChI is InChI=1S/C17H18F3N3O4/c18-17(19,20)16(25)13-4-2-1-3-5-14(13)21-22(16)15(24)10-11-6-8-12(9-7-11)23(26)27/h5-9,13,21,25H,1-4,10H2. The summed E-state index contributed by atoms with van der Waals surface area (Å²) < 4.78 is 41.3. The van der Waals surface area contributed by atoms with Gasteiger partial charge in [0, 0.05) is 17.8 Å². The molecule has 1 aromatic carbocycles. The number of hydrogen-bond donors (Lipinski definition) is 2. The van der Waals surface area contributed by atoms with Crippen molar-refractivity contribution in [3.8, 4) is 0 Å². The van der Waals surface area contributed by atoms with Crippen molar-refractivity contribution in [2.75, 3.05) is 0 Å². The Kier molecular flexibility index (Phi) is 4.85. The molecule has 1 aliphatic carbocycles. The van der Waals surface area contributed by atoms with Gasteiger partial charge < -0.3 is 5.11 Å². The average molecular weight is 385 g/mol. The fourth-order valence-corrected chi connectivity index (χ4v) is 3.53. The second-order valence-electron chi connectivity index (χ2n) is 6.66. The molecule has 2 unspecified atom stereocenters. The molecule has 10 heteroatoms. The molecule has 1 heterocycles. The zero-order chi connectivity index (χ0) is 19.8. The molecule has 0 spiro atoms. The zero-order valence-electron chi connectivity index (χ0n) is 14.2. The number of nitro benzene ring substituents is 1. The summed E-state index contributed by atoms with van der Waals surface area (Å²) in [6.45, 7) is 0. The number of aliphatic hydroxyl groups is 1. The monoisotopic (exact) mass is 385 g/mol. The molecule has 1 aromatic rings. The normalized spacial score (nSPS) is 25.3. The maximum atomic E-state index is 13.8. The summed E-state index contributed by atoms with van der Waals surface area (Å²) in [5, 5.41) is 21.5. The highest BCUT2D eigenvalue weighted by Gasteiger charge is 2.68. The smallest absolute Gasteiger partial charge is 0.362 e. The van der Waals surface area contributed by atoms with Gasteiger partial charge in [0.05, 0.1) is 17.3 Å². The summed E-state index contributed by atoms with van der Waals surface area (Å²) in [6, 6.07) is 4.94. The summed E-state index contributed by atoms with van der Waals surface area (Å²) >= 11 is 0. The molecule has 0 saturated carbocycles. The van der Waals surface area contributed by atoms with E-state index in [9.17, 15) is 33.2 Å². The lowest BCUT2D eigenvalue weighted by Gasteiger charge is -2.37. The number of fused-ring (bicyclic) bond motifs is 1. The number of rotatable bonds is 3. The van der Waals surface area contributed by atoms with Gasteiger partial charge in [-0.05, 0) is 24.8 Å². The van der Waals surface area contributed by atoms with E-state index in [0.717, 1.165) is 0 Å². The van der Waals surface area contributed by atoms with Crippen molar-refractivity contribution in [3.05, 3.63) is 51.7 Å². The number of benzene rings is 1. The lowest BCUT2D eigenvalue weighted by atomic mass is 9.89. The molecule has 1 amide bonds. The number of amides is 1. The van der Waals surface area contributed by atoms with Crippen LogP contribution in [0.1, 0.15) is 31.2 Å². The molecule has 1 aliphatic heterocycles. The van der Waals surface area contributed by atoms with Crippen LogP contribution in [0.4, 0.5) is 18.9 Å². The number of carbonyl (C=O) groups excluding carboxylic acids is 1. The first-order chi connectivity index (χ1) is 12.6. The summed E-state index contributed by atoms with van der Waals surface area (Å²) in [7, 11) is 0. The van der Waals surface area contributed by atoms with Crippen LogP contribution >= 0.6 is 0 Å². The van der Waals surface area contributed by atoms with E-state index in [2.05, 4.69) is 5.43 Å². The third-order valence-corrected chi connectivity index (χ3v) is 4.92. The Balaban J connectivity index is 1.87. The van der Waals surface area contributed by atoms with Crippen LogP contribution in [0.3, 0.4) is 0 Å². The van der Waals surface area contributed by atoms with Gasteiger partial charge in [-0.3, -0.25) is 20.3 Å². The number of carbonyl (C=O) groups is 1. The Morgan fingerprint density at radius 1 is 1.33 bits per heavy atom. The largest absolute Gasteiger partial charge is 0.439 e. The highest BCUT2D eigenvalue weighted by atomic mass is 19.4. The molecule has 7 nitrogen and oxygen atoms in total. The molecule has 0 bridgehead atoms. The Hall–Kier alpha value is -2.62. The number of hydrogen-bond acceptors (Lipinski definition) is 5. The third kappa shape index (κ3) is 3.36. The van der Waals surface area contributed by atoms with E-state index in [0.29, 0.717) is 24.8 Å². The Labute approximate surface area is 152 Å². The topological polar surface area (TPSA) is 95.7 Å². The van der Waals surface area contributed by atoms with Crippen molar-refractivity contribution in [1.29, 1.82) is 0 Å². The Bertz CT molecular complexity index is 779. The van der Waals surface area contributed by atoms with Crippen molar-refractivity contribution in [1.82, 2.24) is 10.4 Å². The van der Waals surface area contributed by atoms with Crippen LogP contribution in [0.25, 0.3) is 0 Å². The SMILES string of the molecule is O=C(Cc1ccc([N+](=O)[O-])cc1)N1NC2=CCCCCC2C1(O)C(F)(F)F. The highest BCUT2D eigenvalue weighted by Crippen LogP contribution is 2.48. The van der Waals surface area contributed by atoms with Crippen LogP contribution in [0.15, 0.2) is 36.0 Å². The van der Waals surface area contributed by atoms with Gasteiger partial charge in [0.1, 0.15) is 0 Å². The van der Waals surface area contributed by atoms with E-state index in [4.69, 9.17) is 0 Å². The number of hydrazine groups is 1. The number of nitrogens with one attached hydrogen (secondary N) is 1. The highest BCUT2D eigenvalue weighted by molar-refractivity contribution is 5.80. The molecule has 1 fully saturated rings. The first-order valence-corrected chi connectivity index (χ1v) is 8.47. The molecule has 2 N–H and O–H groups in total. The quantitative estimate of drug-likeness (QED) is 0.616. The molecule has 0 radical (unpaired) electrons. The van der Waals surface area contributed by atoms with Gasteiger partial charge in [0.25, 0.3) is 11.4 Å². The van der Waals surface area contributed by atoms with Gasteiger partial charge in [-0.25, -0.2) is 5.01 Å². The van der Waals surface area contributed by atoms with Gasteiger partial charge in [-0.15, -0.1) is 0 Å². The van der Waals surface area contributed by atoms with Crippen molar-refractivity contribution in [2.45, 2.75) is 44.0 Å². The first-order valence-electron chi connectivity index (χ1n) is 8.47. The van der Waals surface area contributed by atoms with Crippen LogP contribution in [-0.2, 0) is 11.2 Å². The van der Waals surface area contributed by atoms with Crippen molar-refractivity contribution in [2.24, 2.45) is 5.92 Å². The molecule has 27 heavy (non-hydrogen) atoms. The minimum absolute atomic E-state index is 0.107. The number of nitrogens with zero attached hydrogens (tertiary/aromatic N) is 2. The molecule has 3 rings (SSSR count). The number of non-ortho nitro benzene ring substituents is 1. The molecule has 0 aromatic heterocycles. The van der Waals surface area contributed by atoms with Crippen LogP contribution in [0, 0.1) is 16.0 Å². The van der Waals surface area contributed by atoms with Crippen molar-refractivity contribution in [3.63, 3.8) is 0 Å². The lowest BCUT2D eigenvalue weighted by Crippen LogP contribution is -2.62. The molecule has 1 saturated heterocycles. The van der Waals surface area contributed by atoms with Gasteiger partial charge in [0.15, 0.2) is 0 Å². The minimum Gasteiger partial charge on any atom is -0.362 e. The summed E-state index contributed by atoms with van der Waals surface area (Å²) in [5.41, 5.74) is -0.574. The van der Waals surface area contributed by atoms with Gasteiger partial charge in [0.2, 0.25) is 5.91 Å². The fraction of sp³-hybridized carbons (Fsp3) is 0.471. The van der Waals surface area contributed by atoms with E-state index in [1.807, 2.05) is 0 Å². The summed E-state index contributed by atoms with van der Waals surface area (Å²) in [5.74, 6) is -2.24. The Morgan fingerprint density at radius 3 is 2.59 bits per heavy atom. The van der Waals surface area contributed by atoms with E-state index in [-0.39, 0.29) is 22.8 Å². The second kappa shape index (κ2) is 6.84. The molecular formula is C17H18F3N3O4. The van der Waals surface area contributed by atoms with Gasteiger partial charge in [-0.1, -0.05) is 24.6 Å². The van der Waals surface area contributed by atoms with E-state index in [1.54, 1.807) is 6.08 Å². The molecular weight excluding hydrogens is 367 g/mol. The summed E-state index contributed by atoms with van der Waals surface area (Å²) in [4.78, 5) is 22.6. The molecule has 2 atom stereocenters. The number of halogens is 3. The van der Waals surface area contributed by atoms with Crippen molar-refractivity contribution < 1.29 is 28.0 Å². The zero-order valence-corrected chi connectivity index (χ0v) is 14.2. The maximum Gasteiger partial charge on any atom is 0.439 e. The first kappa shape index (κ1) is 19.2. The predicted octanol–water partition coefficient (Wildman–Crippen LogP) is 2.81. The van der Waals surface area contributed by atoms with Crippen LogP contribution in [0.2, 0.25) is 0 Å². The van der Waals surface area contributed by atoms with Crippen LogP contribution in [-0.4, -0.2) is 32.8 Å². The van der Waals surface area contributed by atoms with E-state index in [1.165, 1.54) is 24.3 Å². The molecule has 146 valence electrons. The number of allylic oxidation sites excluding steroid dienone is 1. The van der Waals surface area contributed by atoms with Gasteiger partial charge in [-0.2, -0.15) is 13.2 Å². The van der Waals surface area contributed by atoms with Crippen LogP contribution in [0.5, 0.6) is 0 Å². The number of nitro groups is 1. The average Bonchev–Trinajstić information content (AvgIpc) is 2.75. The Morgan fingerprint density at radius 2 is 2.00 bits per heavy atom. The van der Waals surface area contributed by atoms with Gasteiger partial charge >= 0.3 is 6.18 Å². The van der Waals surface area contributed by atoms with E-state index < -0.39 is 35.1 Å². The minimum atomic E-state index is -5.05. The second-order valence-corrected chi connectivity index (χ2v) is 6.66. The van der Waals surface area contributed by atoms with E-state index >= 15 is 0 Å². The van der Waals surface area contributed by atoms with Crippen LogP contribution < -0.4 is 5.43 Å². The van der Waals surface area contributed by atoms with Crippen molar-refractivity contribution >= 4 is 11.6 Å². The predicted molar refractivity (Wildman–Crippen MR) is 87.8 cm³/mol. The molecule has 2 aliphatic rings. The lowest BCUT2D eigenvalue weighted by molar-refractivity contribution is -0.384. The third-order valence-electron chi connectivity index (χ3n) is 4.92. The summed E-state index contributed by atoms with van der Waals surface area (Å²) in [6.07, 6.45) is -2.00. The fourth-order valence-electron chi connectivity index (χ4n) is 3.53.